The molecule has 1 fully saturated rings. The Kier molecular flexibility index (Phi) is 4.73. The summed E-state index contributed by atoms with van der Waals surface area (Å²) in [6.07, 6.45) is 5.25. The number of pyridine rings is 1. The van der Waals surface area contributed by atoms with E-state index in [2.05, 4.69) is 9.88 Å². The molecule has 144 valence electrons. The SMILES string of the molecule is COc1ccc([C@@H]2CCCN2c2ccc([N+](=O)[O-])c3cnccc23)c(OC)c1. The van der Waals surface area contributed by atoms with Crippen molar-refractivity contribution < 1.29 is 14.4 Å². The van der Waals surface area contributed by atoms with Gasteiger partial charge in [-0.05, 0) is 37.1 Å². The molecule has 0 saturated carbocycles. The maximum Gasteiger partial charge on any atom is 0.278 e. The Morgan fingerprint density at radius 3 is 2.75 bits per heavy atom. The van der Waals surface area contributed by atoms with Crippen LogP contribution in [0.4, 0.5) is 11.4 Å². The first-order chi connectivity index (χ1) is 13.6. The summed E-state index contributed by atoms with van der Waals surface area (Å²) in [5, 5.41) is 12.8. The van der Waals surface area contributed by atoms with E-state index < -0.39 is 0 Å². The molecule has 4 rings (SSSR count). The van der Waals surface area contributed by atoms with Crippen molar-refractivity contribution in [1.82, 2.24) is 4.98 Å². The van der Waals surface area contributed by atoms with E-state index in [4.69, 9.17) is 9.47 Å². The lowest BCUT2D eigenvalue weighted by molar-refractivity contribution is -0.383. The predicted molar refractivity (Wildman–Crippen MR) is 107 cm³/mol. The zero-order valence-corrected chi connectivity index (χ0v) is 15.8. The second kappa shape index (κ2) is 7.34. The van der Waals surface area contributed by atoms with Crippen molar-refractivity contribution in [1.29, 1.82) is 0 Å². The topological polar surface area (TPSA) is 77.7 Å². The molecule has 0 unspecified atom stereocenters. The van der Waals surface area contributed by atoms with Crippen molar-refractivity contribution >= 4 is 22.1 Å². The fraction of sp³-hybridized carbons (Fsp3) is 0.286. The number of rotatable bonds is 5. The zero-order chi connectivity index (χ0) is 19.7. The first-order valence-corrected chi connectivity index (χ1v) is 9.13. The highest BCUT2D eigenvalue weighted by atomic mass is 16.6. The van der Waals surface area contributed by atoms with Gasteiger partial charge in [-0.2, -0.15) is 0 Å². The van der Waals surface area contributed by atoms with Crippen LogP contribution in [0.25, 0.3) is 10.8 Å². The number of nitro benzene ring substituents is 1. The summed E-state index contributed by atoms with van der Waals surface area (Å²) in [6.45, 7) is 0.870. The molecule has 1 atom stereocenters. The van der Waals surface area contributed by atoms with Crippen molar-refractivity contribution in [2.75, 3.05) is 25.7 Å². The Bertz CT molecular complexity index is 1040. The number of methoxy groups -OCH3 is 2. The first kappa shape index (κ1) is 18.0. The van der Waals surface area contributed by atoms with Crippen molar-refractivity contribution in [3.8, 4) is 11.5 Å². The number of nitro groups is 1. The third-order valence-electron chi connectivity index (χ3n) is 5.33. The third kappa shape index (κ3) is 2.98. The van der Waals surface area contributed by atoms with E-state index in [0.29, 0.717) is 5.39 Å². The Morgan fingerprint density at radius 2 is 2.00 bits per heavy atom. The van der Waals surface area contributed by atoms with Crippen LogP contribution in [0.5, 0.6) is 11.5 Å². The van der Waals surface area contributed by atoms with E-state index in [-0.39, 0.29) is 16.7 Å². The standard InChI is InChI=1S/C21H21N3O4/c1-27-14-5-6-16(21(12-14)28-2)18-4-3-11-23(18)19-7-8-20(24(25)26)17-13-22-10-9-15(17)19/h5-10,12-13,18H,3-4,11H2,1-2H3/t18-/m0/s1. The molecule has 7 nitrogen and oxygen atoms in total. The van der Waals surface area contributed by atoms with Crippen LogP contribution in [-0.2, 0) is 0 Å². The molecule has 28 heavy (non-hydrogen) atoms. The number of anilines is 1. The second-order valence-corrected chi connectivity index (χ2v) is 6.74. The number of non-ortho nitro benzene ring substituents is 1. The monoisotopic (exact) mass is 379 g/mol. The average Bonchev–Trinajstić information content (AvgIpc) is 3.21. The smallest absolute Gasteiger partial charge is 0.278 e. The maximum absolute atomic E-state index is 11.4. The summed E-state index contributed by atoms with van der Waals surface area (Å²) in [7, 11) is 3.29. The Morgan fingerprint density at radius 1 is 1.14 bits per heavy atom. The molecular formula is C21H21N3O4. The molecule has 0 aliphatic carbocycles. The van der Waals surface area contributed by atoms with Crippen LogP contribution in [0.2, 0.25) is 0 Å². The van der Waals surface area contributed by atoms with Gasteiger partial charge in [-0.1, -0.05) is 0 Å². The van der Waals surface area contributed by atoms with Gasteiger partial charge in [0.1, 0.15) is 11.5 Å². The second-order valence-electron chi connectivity index (χ2n) is 6.74. The lowest BCUT2D eigenvalue weighted by Crippen LogP contribution is -2.23. The van der Waals surface area contributed by atoms with Crippen molar-refractivity contribution in [3.63, 3.8) is 0 Å². The van der Waals surface area contributed by atoms with Gasteiger partial charge in [0.25, 0.3) is 5.69 Å². The molecule has 1 aliphatic rings. The van der Waals surface area contributed by atoms with Gasteiger partial charge in [0.05, 0.1) is 30.6 Å². The van der Waals surface area contributed by atoms with E-state index in [9.17, 15) is 10.1 Å². The minimum absolute atomic E-state index is 0.0737. The number of ether oxygens (including phenoxy) is 2. The highest BCUT2D eigenvalue weighted by Crippen LogP contribution is 2.44. The maximum atomic E-state index is 11.4. The lowest BCUT2D eigenvalue weighted by Gasteiger charge is -2.29. The van der Waals surface area contributed by atoms with Gasteiger partial charge in [-0.15, -0.1) is 0 Å². The summed E-state index contributed by atoms with van der Waals surface area (Å²) < 4.78 is 10.9. The molecule has 3 aromatic rings. The van der Waals surface area contributed by atoms with Gasteiger partial charge in [0.2, 0.25) is 0 Å². The normalized spacial score (nSPS) is 16.4. The number of nitrogens with zero attached hydrogens (tertiary/aromatic N) is 3. The highest BCUT2D eigenvalue weighted by Gasteiger charge is 2.30. The van der Waals surface area contributed by atoms with Crippen LogP contribution in [-0.4, -0.2) is 30.7 Å². The fourth-order valence-electron chi connectivity index (χ4n) is 4.04. The molecule has 2 heterocycles. The molecule has 1 aliphatic heterocycles. The average molecular weight is 379 g/mol. The number of aromatic nitrogens is 1. The summed E-state index contributed by atoms with van der Waals surface area (Å²) in [5.41, 5.74) is 2.13. The van der Waals surface area contributed by atoms with Gasteiger partial charge in [-0.3, -0.25) is 15.1 Å². The molecule has 0 spiro atoms. The molecule has 7 heteroatoms. The van der Waals surface area contributed by atoms with Gasteiger partial charge in [-0.25, -0.2) is 0 Å². The molecule has 0 amide bonds. The molecule has 2 aromatic carbocycles. The quantitative estimate of drug-likeness (QED) is 0.480. The zero-order valence-electron chi connectivity index (χ0n) is 15.8. The summed E-state index contributed by atoms with van der Waals surface area (Å²) >= 11 is 0. The van der Waals surface area contributed by atoms with Crippen LogP contribution in [0.1, 0.15) is 24.4 Å². The minimum atomic E-state index is -0.359. The van der Waals surface area contributed by atoms with E-state index in [0.717, 1.165) is 47.5 Å². The van der Waals surface area contributed by atoms with Crippen LogP contribution in [0.15, 0.2) is 48.8 Å². The molecule has 1 aromatic heterocycles. The fourth-order valence-corrected chi connectivity index (χ4v) is 4.04. The van der Waals surface area contributed by atoms with Crippen molar-refractivity contribution in [2.45, 2.75) is 18.9 Å². The minimum Gasteiger partial charge on any atom is -0.497 e. The van der Waals surface area contributed by atoms with Gasteiger partial charge in [0, 0.05) is 47.7 Å². The molecule has 0 bridgehead atoms. The summed E-state index contributed by atoms with van der Waals surface area (Å²) in [5.74, 6) is 1.53. The van der Waals surface area contributed by atoms with E-state index in [1.165, 1.54) is 0 Å². The number of fused-ring (bicyclic) bond motifs is 1. The first-order valence-electron chi connectivity index (χ1n) is 9.13. The van der Waals surface area contributed by atoms with E-state index >= 15 is 0 Å². The van der Waals surface area contributed by atoms with Crippen molar-refractivity contribution in [3.05, 3.63) is 64.5 Å². The number of hydrogen-bond acceptors (Lipinski definition) is 6. The Labute approximate surface area is 162 Å². The molecule has 0 N–H and O–H groups in total. The largest absolute Gasteiger partial charge is 0.497 e. The Balaban J connectivity index is 1.82. The number of hydrogen-bond donors (Lipinski definition) is 0. The lowest BCUT2D eigenvalue weighted by atomic mass is 10.0. The summed E-state index contributed by atoms with van der Waals surface area (Å²) in [6, 6.07) is 11.2. The van der Waals surface area contributed by atoms with Crippen LogP contribution in [0.3, 0.4) is 0 Å². The van der Waals surface area contributed by atoms with Crippen LogP contribution < -0.4 is 14.4 Å². The van der Waals surface area contributed by atoms with Crippen molar-refractivity contribution in [2.24, 2.45) is 0 Å². The van der Waals surface area contributed by atoms with Gasteiger partial charge in [0.15, 0.2) is 0 Å². The molecule has 0 radical (unpaired) electrons. The van der Waals surface area contributed by atoms with E-state index in [1.807, 2.05) is 30.3 Å². The Hall–Kier alpha value is -3.35. The molecule has 1 saturated heterocycles. The molecular weight excluding hydrogens is 358 g/mol. The third-order valence-corrected chi connectivity index (χ3v) is 5.33. The predicted octanol–water partition coefficient (Wildman–Crippen LogP) is 4.50. The summed E-state index contributed by atoms with van der Waals surface area (Å²) in [4.78, 5) is 17.4. The van der Waals surface area contributed by atoms with Crippen LogP contribution >= 0.6 is 0 Å². The van der Waals surface area contributed by atoms with E-state index in [1.54, 1.807) is 32.7 Å². The van der Waals surface area contributed by atoms with Gasteiger partial charge < -0.3 is 14.4 Å². The van der Waals surface area contributed by atoms with Gasteiger partial charge >= 0.3 is 0 Å². The highest BCUT2D eigenvalue weighted by molar-refractivity contribution is 5.99. The number of benzene rings is 2. The van der Waals surface area contributed by atoms with Crippen LogP contribution in [0, 0.1) is 10.1 Å².